The summed E-state index contributed by atoms with van der Waals surface area (Å²) in [5.74, 6) is 2.47. The first-order valence-corrected chi connectivity index (χ1v) is 7.93. The van der Waals surface area contributed by atoms with Crippen molar-refractivity contribution >= 4 is 5.78 Å². The van der Waals surface area contributed by atoms with E-state index in [0.29, 0.717) is 25.2 Å². The van der Waals surface area contributed by atoms with Gasteiger partial charge in [0.05, 0.1) is 0 Å². The van der Waals surface area contributed by atoms with Gasteiger partial charge in [-0.25, -0.2) is 0 Å². The lowest BCUT2D eigenvalue weighted by atomic mass is 9.79. The number of carbonyl (C=O) groups excluding carboxylic acids is 1. The average Bonchev–Trinajstić information content (AvgIpc) is 2.89. The van der Waals surface area contributed by atoms with Gasteiger partial charge in [-0.15, -0.1) is 0 Å². The van der Waals surface area contributed by atoms with E-state index < -0.39 is 5.60 Å². The van der Waals surface area contributed by atoms with Gasteiger partial charge < -0.3 is 5.11 Å². The molecule has 3 atom stereocenters. The number of hydrogen-bond donors (Lipinski definition) is 1. The van der Waals surface area contributed by atoms with Crippen LogP contribution in [0.2, 0.25) is 0 Å². The van der Waals surface area contributed by atoms with Crippen molar-refractivity contribution in [2.75, 3.05) is 0 Å². The molecule has 0 saturated heterocycles. The molecule has 0 aromatic rings. The predicted octanol–water partition coefficient (Wildman–Crippen LogP) is 3.47. The number of Topliss-reactive ketones (excluding diaryl/α,β-unsaturated/α-hetero) is 1. The Labute approximate surface area is 110 Å². The number of ketones is 1. The molecular formula is C16H26O2. The molecule has 0 aliphatic heterocycles. The maximum Gasteiger partial charge on any atom is 0.164 e. The summed E-state index contributed by atoms with van der Waals surface area (Å²) >= 11 is 0. The zero-order valence-corrected chi connectivity index (χ0v) is 11.4. The van der Waals surface area contributed by atoms with E-state index in [1.807, 2.05) is 0 Å². The maximum absolute atomic E-state index is 12.5. The largest absolute Gasteiger partial charge is 0.382 e. The van der Waals surface area contributed by atoms with Crippen molar-refractivity contribution < 1.29 is 9.90 Å². The quantitative estimate of drug-likeness (QED) is 0.779. The van der Waals surface area contributed by atoms with Gasteiger partial charge in [0.15, 0.2) is 5.78 Å². The summed E-state index contributed by atoms with van der Waals surface area (Å²) in [6.45, 7) is 0. The third-order valence-corrected chi connectivity index (χ3v) is 5.78. The van der Waals surface area contributed by atoms with Crippen LogP contribution in [0.3, 0.4) is 0 Å². The first-order valence-electron chi connectivity index (χ1n) is 7.93. The second kappa shape index (κ2) is 4.96. The van der Waals surface area contributed by atoms with Crippen LogP contribution in [0.15, 0.2) is 0 Å². The third-order valence-electron chi connectivity index (χ3n) is 5.78. The first-order chi connectivity index (χ1) is 8.67. The Morgan fingerprint density at radius 1 is 1.06 bits per heavy atom. The summed E-state index contributed by atoms with van der Waals surface area (Å²) in [6, 6.07) is 0. The van der Waals surface area contributed by atoms with Crippen molar-refractivity contribution in [3.63, 3.8) is 0 Å². The minimum absolute atomic E-state index is 0.168. The van der Waals surface area contributed by atoms with Crippen LogP contribution in [-0.2, 0) is 4.79 Å². The molecule has 18 heavy (non-hydrogen) atoms. The van der Waals surface area contributed by atoms with E-state index in [1.54, 1.807) is 0 Å². The molecule has 2 nitrogen and oxygen atoms in total. The minimum Gasteiger partial charge on any atom is -0.382 e. The van der Waals surface area contributed by atoms with Gasteiger partial charge in [-0.3, -0.25) is 4.79 Å². The standard InChI is InChI=1S/C16H26O2/c17-15(16(18)7-3-1-2-4-8-16)11-14-10-12-5-6-13(14)9-12/h12-14,18H,1-11H2. The number of carbonyl (C=O) groups is 1. The van der Waals surface area contributed by atoms with E-state index in [-0.39, 0.29) is 5.78 Å². The molecule has 0 aromatic heterocycles. The summed E-state index contributed by atoms with van der Waals surface area (Å²) in [5.41, 5.74) is -0.960. The lowest BCUT2D eigenvalue weighted by molar-refractivity contribution is -0.140. The number of rotatable bonds is 3. The molecule has 3 fully saturated rings. The highest BCUT2D eigenvalue weighted by molar-refractivity contribution is 5.87. The van der Waals surface area contributed by atoms with Gasteiger partial charge in [0.1, 0.15) is 5.60 Å². The summed E-state index contributed by atoms with van der Waals surface area (Å²) in [7, 11) is 0. The maximum atomic E-state index is 12.5. The van der Waals surface area contributed by atoms with E-state index in [1.165, 1.54) is 38.5 Å². The molecule has 102 valence electrons. The predicted molar refractivity (Wildman–Crippen MR) is 71.2 cm³/mol. The summed E-state index contributed by atoms with van der Waals surface area (Å²) in [5, 5.41) is 10.6. The van der Waals surface area contributed by atoms with E-state index in [4.69, 9.17) is 0 Å². The third kappa shape index (κ3) is 2.36. The van der Waals surface area contributed by atoms with Crippen molar-refractivity contribution in [3.05, 3.63) is 0 Å². The Bertz CT molecular complexity index is 315. The Balaban J connectivity index is 1.60. The Hall–Kier alpha value is -0.370. The highest BCUT2D eigenvalue weighted by Gasteiger charge is 2.43. The monoisotopic (exact) mass is 250 g/mol. The van der Waals surface area contributed by atoms with Crippen molar-refractivity contribution in [1.82, 2.24) is 0 Å². The van der Waals surface area contributed by atoms with E-state index in [2.05, 4.69) is 0 Å². The Morgan fingerprint density at radius 2 is 1.78 bits per heavy atom. The molecule has 0 aromatic carbocycles. The van der Waals surface area contributed by atoms with Crippen molar-refractivity contribution in [1.29, 1.82) is 0 Å². The van der Waals surface area contributed by atoms with Crippen LogP contribution in [0.4, 0.5) is 0 Å². The molecule has 0 heterocycles. The van der Waals surface area contributed by atoms with Crippen LogP contribution in [-0.4, -0.2) is 16.5 Å². The molecule has 3 saturated carbocycles. The molecule has 1 N–H and O–H groups in total. The zero-order valence-electron chi connectivity index (χ0n) is 11.4. The summed E-state index contributed by atoms with van der Waals surface area (Å²) < 4.78 is 0. The van der Waals surface area contributed by atoms with E-state index >= 15 is 0 Å². The van der Waals surface area contributed by atoms with Gasteiger partial charge in [0, 0.05) is 6.42 Å². The molecule has 3 aliphatic carbocycles. The van der Waals surface area contributed by atoms with Crippen molar-refractivity contribution in [2.24, 2.45) is 17.8 Å². The van der Waals surface area contributed by atoms with Gasteiger partial charge in [-0.1, -0.05) is 32.1 Å². The zero-order chi connectivity index (χ0) is 12.6. The van der Waals surface area contributed by atoms with Gasteiger partial charge in [-0.05, 0) is 49.9 Å². The van der Waals surface area contributed by atoms with Crippen molar-refractivity contribution in [2.45, 2.75) is 76.2 Å². The number of hydrogen-bond acceptors (Lipinski definition) is 2. The second-order valence-corrected chi connectivity index (χ2v) is 7.01. The molecule has 0 spiro atoms. The molecule has 0 amide bonds. The number of aliphatic hydroxyl groups is 1. The van der Waals surface area contributed by atoms with Crippen molar-refractivity contribution in [3.8, 4) is 0 Å². The normalized spacial score (nSPS) is 38.6. The fourth-order valence-electron chi connectivity index (χ4n) is 4.65. The van der Waals surface area contributed by atoms with E-state index in [0.717, 1.165) is 24.7 Å². The lowest BCUT2D eigenvalue weighted by Gasteiger charge is -2.28. The van der Waals surface area contributed by atoms with Crippen LogP contribution < -0.4 is 0 Å². The van der Waals surface area contributed by atoms with Crippen LogP contribution >= 0.6 is 0 Å². The summed E-state index contributed by atoms with van der Waals surface area (Å²) in [4.78, 5) is 12.5. The van der Waals surface area contributed by atoms with Gasteiger partial charge in [-0.2, -0.15) is 0 Å². The smallest absolute Gasteiger partial charge is 0.164 e. The van der Waals surface area contributed by atoms with Gasteiger partial charge >= 0.3 is 0 Å². The molecule has 2 heteroatoms. The Kier molecular flexibility index (Phi) is 3.48. The average molecular weight is 250 g/mol. The van der Waals surface area contributed by atoms with Crippen LogP contribution in [0.25, 0.3) is 0 Å². The van der Waals surface area contributed by atoms with E-state index in [9.17, 15) is 9.90 Å². The van der Waals surface area contributed by atoms with Gasteiger partial charge in [0.2, 0.25) is 0 Å². The molecule has 2 bridgehead atoms. The molecule has 3 aliphatic rings. The SMILES string of the molecule is O=C(CC1CC2CCC1C2)C1(O)CCCCCC1. The fourth-order valence-corrected chi connectivity index (χ4v) is 4.65. The first kappa shape index (κ1) is 12.7. The molecule has 3 unspecified atom stereocenters. The Morgan fingerprint density at radius 3 is 2.33 bits per heavy atom. The van der Waals surface area contributed by atoms with Crippen LogP contribution in [0, 0.1) is 17.8 Å². The lowest BCUT2D eigenvalue weighted by Crippen LogP contribution is -2.39. The topological polar surface area (TPSA) is 37.3 Å². The molecular weight excluding hydrogens is 224 g/mol. The fraction of sp³-hybridized carbons (Fsp3) is 0.938. The van der Waals surface area contributed by atoms with Crippen LogP contribution in [0.1, 0.15) is 70.6 Å². The highest BCUT2D eigenvalue weighted by Crippen LogP contribution is 2.50. The second-order valence-electron chi connectivity index (χ2n) is 7.01. The van der Waals surface area contributed by atoms with Crippen LogP contribution in [0.5, 0.6) is 0 Å². The minimum atomic E-state index is -0.960. The molecule has 0 radical (unpaired) electrons. The summed E-state index contributed by atoms with van der Waals surface area (Å²) in [6.07, 6.45) is 11.9. The molecule has 3 rings (SSSR count). The van der Waals surface area contributed by atoms with Gasteiger partial charge in [0.25, 0.3) is 0 Å². The number of fused-ring (bicyclic) bond motifs is 2. The highest BCUT2D eigenvalue weighted by atomic mass is 16.3.